The fourth-order valence-corrected chi connectivity index (χ4v) is 4.83. The van der Waals surface area contributed by atoms with E-state index in [2.05, 4.69) is 54.5 Å². The van der Waals surface area contributed by atoms with Crippen LogP contribution in [0.2, 0.25) is 0 Å². The molecule has 0 atom stereocenters. The van der Waals surface area contributed by atoms with Gasteiger partial charge in [-0.05, 0) is 47.5 Å². The minimum absolute atomic E-state index is 0.0154. The topological polar surface area (TPSA) is 59.1 Å². The van der Waals surface area contributed by atoms with Crippen molar-refractivity contribution < 1.29 is 5.11 Å². The van der Waals surface area contributed by atoms with E-state index in [1.54, 1.807) is 17.4 Å². The maximum absolute atomic E-state index is 10.7. The van der Waals surface area contributed by atoms with Crippen LogP contribution in [0.3, 0.4) is 0 Å². The second-order valence-electron chi connectivity index (χ2n) is 7.08. The van der Waals surface area contributed by atoms with Crippen molar-refractivity contribution in [3.8, 4) is 16.9 Å². The van der Waals surface area contributed by atoms with Gasteiger partial charge in [-0.1, -0.05) is 38.1 Å². The summed E-state index contributed by atoms with van der Waals surface area (Å²) in [5.74, 6) is 0.284. The first kappa shape index (κ1) is 18.0. The van der Waals surface area contributed by atoms with E-state index in [4.69, 9.17) is 5.73 Å². The molecule has 4 rings (SSSR count). The lowest BCUT2D eigenvalue weighted by atomic mass is 9.75. The summed E-state index contributed by atoms with van der Waals surface area (Å²) in [5, 5.41) is 14.9. The molecule has 3 nitrogen and oxygen atoms in total. The molecule has 4 aromatic rings. The molecule has 0 radical (unpaired) electrons. The third-order valence-electron chi connectivity index (χ3n) is 5.98. The first-order valence-electron chi connectivity index (χ1n) is 9.42. The number of nitrogens with zero attached hydrogens (tertiary/aromatic N) is 1. The molecule has 4 heteroatoms. The molecule has 0 saturated carbocycles. The van der Waals surface area contributed by atoms with E-state index in [1.807, 2.05) is 12.3 Å². The average molecular weight is 377 g/mol. The SMILES string of the molecule is CCC(CC)(CN)c1ccc(-c2c(O)ccc3ncc4sccc4c23)cc1. The number of fused-ring (bicyclic) bond motifs is 3. The second kappa shape index (κ2) is 6.95. The molecular formula is C23H24N2OS. The average Bonchev–Trinajstić information content (AvgIpc) is 3.19. The second-order valence-corrected chi connectivity index (χ2v) is 8.03. The lowest BCUT2D eigenvalue weighted by Crippen LogP contribution is -2.33. The van der Waals surface area contributed by atoms with Crippen LogP contribution in [0.4, 0.5) is 0 Å². The van der Waals surface area contributed by atoms with Gasteiger partial charge in [0.1, 0.15) is 5.75 Å². The van der Waals surface area contributed by atoms with Crippen molar-refractivity contribution >= 4 is 32.3 Å². The number of phenols is 1. The number of benzene rings is 2. The standard InChI is InChI=1S/C23H24N2OS/c1-3-23(4-2,14-24)16-7-5-15(6-8-16)21-19(26)10-9-18-22(21)17-11-12-27-20(17)13-25-18/h5-13,26H,3-4,14,24H2,1-2H3. The van der Waals surface area contributed by atoms with E-state index in [9.17, 15) is 5.11 Å². The van der Waals surface area contributed by atoms with Crippen LogP contribution in [0.5, 0.6) is 5.75 Å². The number of hydrogen-bond acceptors (Lipinski definition) is 4. The van der Waals surface area contributed by atoms with Crippen LogP contribution in [-0.2, 0) is 5.41 Å². The largest absolute Gasteiger partial charge is 0.507 e. The molecule has 0 spiro atoms. The van der Waals surface area contributed by atoms with Crippen molar-refractivity contribution in [1.82, 2.24) is 4.98 Å². The Bertz CT molecular complexity index is 1090. The number of hydrogen-bond donors (Lipinski definition) is 2. The lowest BCUT2D eigenvalue weighted by molar-refractivity contribution is 0.407. The number of rotatable bonds is 5. The van der Waals surface area contributed by atoms with Gasteiger partial charge in [-0.3, -0.25) is 4.98 Å². The highest BCUT2D eigenvalue weighted by atomic mass is 32.1. The van der Waals surface area contributed by atoms with Gasteiger partial charge in [0.25, 0.3) is 0 Å². The summed E-state index contributed by atoms with van der Waals surface area (Å²) in [4.78, 5) is 4.59. The van der Waals surface area contributed by atoms with Gasteiger partial charge in [-0.15, -0.1) is 11.3 Å². The summed E-state index contributed by atoms with van der Waals surface area (Å²) in [7, 11) is 0. The maximum atomic E-state index is 10.7. The molecule has 138 valence electrons. The molecule has 2 aromatic carbocycles. The Morgan fingerprint density at radius 3 is 2.44 bits per heavy atom. The summed E-state index contributed by atoms with van der Waals surface area (Å²) >= 11 is 1.67. The number of aromatic hydroxyl groups is 1. The highest BCUT2D eigenvalue weighted by molar-refractivity contribution is 7.17. The van der Waals surface area contributed by atoms with Crippen molar-refractivity contribution in [2.45, 2.75) is 32.1 Å². The molecule has 0 amide bonds. The van der Waals surface area contributed by atoms with Crippen LogP contribution < -0.4 is 5.73 Å². The third kappa shape index (κ3) is 2.80. The summed E-state index contributed by atoms with van der Waals surface area (Å²) in [6.07, 6.45) is 3.93. The Balaban J connectivity index is 1.92. The van der Waals surface area contributed by atoms with Crippen molar-refractivity contribution in [2.75, 3.05) is 6.54 Å². The van der Waals surface area contributed by atoms with Crippen LogP contribution in [0.15, 0.2) is 54.0 Å². The Hall–Kier alpha value is -2.43. The minimum atomic E-state index is 0.0154. The molecule has 0 aliphatic heterocycles. The fraction of sp³-hybridized carbons (Fsp3) is 0.261. The third-order valence-corrected chi connectivity index (χ3v) is 6.83. The maximum Gasteiger partial charge on any atom is 0.124 e. The summed E-state index contributed by atoms with van der Waals surface area (Å²) in [5.41, 5.74) is 10.1. The van der Waals surface area contributed by atoms with Gasteiger partial charge in [-0.2, -0.15) is 0 Å². The highest BCUT2D eigenvalue weighted by Gasteiger charge is 2.26. The predicted molar refractivity (Wildman–Crippen MR) is 116 cm³/mol. The number of thiophene rings is 1. The molecule has 0 aliphatic carbocycles. The molecule has 2 heterocycles. The van der Waals surface area contributed by atoms with Gasteiger partial charge in [0, 0.05) is 34.5 Å². The number of pyridine rings is 1. The number of aromatic nitrogens is 1. The molecule has 27 heavy (non-hydrogen) atoms. The normalized spacial score (nSPS) is 12.1. The number of phenolic OH excluding ortho intramolecular Hbond substituents is 1. The lowest BCUT2D eigenvalue weighted by Gasteiger charge is -2.31. The van der Waals surface area contributed by atoms with Crippen molar-refractivity contribution in [3.05, 3.63) is 59.6 Å². The highest BCUT2D eigenvalue weighted by Crippen LogP contribution is 2.41. The summed E-state index contributed by atoms with van der Waals surface area (Å²) < 4.78 is 1.13. The van der Waals surface area contributed by atoms with Gasteiger partial charge < -0.3 is 10.8 Å². The first-order valence-corrected chi connectivity index (χ1v) is 10.3. The van der Waals surface area contributed by atoms with E-state index in [-0.39, 0.29) is 11.2 Å². The quantitative estimate of drug-likeness (QED) is 0.460. The van der Waals surface area contributed by atoms with Crippen LogP contribution in [0.1, 0.15) is 32.3 Å². The van der Waals surface area contributed by atoms with Crippen LogP contribution in [0, 0.1) is 0 Å². The monoisotopic (exact) mass is 376 g/mol. The van der Waals surface area contributed by atoms with Crippen molar-refractivity contribution in [1.29, 1.82) is 0 Å². The molecule has 0 fully saturated rings. The molecular weight excluding hydrogens is 352 g/mol. The van der Waals surface area contributed by atoms with E-state index < -0.39 is 0 Å². The Labute approximate surface area is 163 Å². The number of nitrogens with two attached hydrogens (primary N) is 1. The van der Waals surface area contributed by atoms with E-state index in [1.165, 1.54) is 5.56 Å². The smallest absolute Gasteiger partial charge is 0.124 e. The van der Waals surface area contributed by atoms with Crippen molar-refractivity contribution in [3.63, 3.8) is 0 Å². The van der Waals surface area contributed by atoms with Gasteiger partial charge in [0.05, 0.1) is 10.2 Å². The van der Waals surface area contributed by atoms with Crippen molar-refractivity contribution in [2.24, 2.45) is 5.73 Å². The van der Waals surface area contributed by atoms with Gasteiger partial charge in [0.2, 0.25) is 0 Å². The summed E-state index contributed by atoms with van der Waals surface area (Å²) in [6, 6.07) is 14.3. The molecule has 2 aromatic heterocycles. The zero-order valence-electron chi connectivity index (χ0n) is 15.7. The molecule has 0 unspecified atom stereocenters. The Morgan fingerprint density at radius 2 is 1.78 bits per heavy atom. The van der Waals surface area contributed by atoms with Crippen LogP contribution in [0.25, 0.3) is 32.1 Å². The van der Waals surface area contributed by atoms with Crippen LogP contribution in [-0.4, -0.2) is 16.6 Å². The van der Waals surface area contributed by atoms with Gasteiger partial charge >= 0.3 is 0 Å². The molecule has 0 aliphatic rings. The first-order chi connectivity index (χ1) is 13.1. The van der Waals surface area contributed by atoms with Crippen LogP contribution >= 0.6 is 11.3 Å². The van der Waals surface area contributed by atoms with E-state index in [0.717, 1.165) is 45.0 Å². The summed E-state index contributed by atoms with van der Waals surface area (Å²) in [6.45, 7) is 5.03. The van der Waals surface area contributed by atoms with E-state index in [0.29, 0.717) is 6.54 Å². The van der Waals surface area contributed by atoms with Gasteiger partial charge in [-0.25, -0.2) is 0 Å². The van der Waals surface area contributed by atoms with Gasteiger partial charge in [0.15, 0.2) is 0 Å². The zero-order chi connectivity index (χ0) is 19.0. The van der Waals surface area contributed by atoms with E-state index >= 15 is 0 Å². The Kier molecular flexibility index (Phi) is 4.62. The fourth-order valence-electron chi connectivity index (χ4n) is 4.06. The molecule has 3 N–H and O–H groups in total. The Morgan fingerprint density at radius 1 is 1.04 bits per heavy atom. The molecule has 0 bridgehead atoms. The zero-order valence-corrected chi connectivity index (χ0v) is 16.5. The predicted octanol–water partition coefficient (Wildman–Crippen LogP) is 5.84. The minimum Gasteiger partial charge on any atom is -0.507 e. The molecule has 0 saturated heterocycles.